The van der Waals surface area contributed by atoms with E-state index in [0.717, 1.165) is 36.3 Å². The summed E-state index contributed by atoms with van der Waals surface area (Å²) in [6, 6.07) is 6.07. The van der Waals surface area contributed by atoms with Crippen molar-refractivity contribution in [2.24, 2.45) is 5.41 Å². The van der Waals surface area contributed by atoms with Crippen molar-refractivity contribution in [2.45, 2.75) is 26.3 Å². The van der Waals surface area contributed by atoms with Gasteiger partial charge in [0.25, 0.3) is 0 Å². The molecule has 0 spiro atoms. The summed E-state index contributed by atoms with van der Waals surface area (Å²) in [5.74, 6) is -0.288. The number of nitrogens with zero attached hydrogens (tertiary/aromatic N) is 2. The minimum atomic E-state index is -0.288. The minimum absolute atomic E-state index is 0.0628. The third-order valence-electron chi connectivity index (χ3n) is 4.29. The van der Waals surface area contributed by atoms with Crippen LogP contribution in [0, 0.1) is 18.2 Å². The Labute approximate surface area is 133 Å². The molecule has 0 amide bonds. The molecular weight excluding hydrogens is 305 g/mol. The molecular formula is C16H19ClFN3O. The molecule has 22 heavy (non-hydrogen) atoms. The fourth-order valence-corrected chi connectivity index (χ4v) is 2.84. The van der Waals surface area contributed by atoms with Crippen molar-refractivity contribution < 1.29 is 9.50 Å². The lowest BCUT2D eigenvalue weighted by atomic mass is 10.1. The van der Waals surface area contributed by atoms with Crippen molar-refractivity contribution in [2.75, 3.05) is 13.2 Å². The molecule has 118 valence electrons. The highest BCUT2D eigenvalue weighted by molar-refractivity contribution is 6.30. The van der Waals surface area contributed by atoms with Crippen molar-refractivity contribution >= 4 is 11.6 Å². The molecule has 1 aliphatic carbocycles. The fourth-order valence-electron chi connectivity index (χ4n) is 2.51. The normalized spacial score (nSPS) is 16.0. The number of aryl methyl sites for hydroxylation is 1. The first kappa shape index (κ1) is 15.5. The van der Waals surface area contributed by atoms with Crippen LogP contribution in [-0.2, 0) is 6.54 Å². The maximum Gasteiger partial charge on any atom is 0.137 e. The molecule has 2 aromatic rings. The highest BCUT2D eigenvalue weighted by atomic mass is 35.5. The van der Waals surface area contributed by atoms with E-state index in [9.17, 15) is 9.50 Å². The van der Waals surface area contributed by atoms with E-state index in [-0.39, 0.29) is 17.8 Å². The maximum atomic E-state index is 13.0. The standard InChI is InChI=1S/C16H19ClFN3O/c1-11-14(8-19-9-16(10-22)6-7-16)15(17)21(20-11)13-4-2-12(18)3-5-13/h2-5,19,22H,6-10H2,1H3. The smallest absolute Gasteiger partial charge is 0.137 e. The summed E-state index contributed by atoms with van der Waals surface area (Å²) in [4.78, 5) is 0. The number of aromatic nitrogens is 2. The molecule has 1 aromatic carbocycles. The van der Waals surface area contributed by atoms with Crippen LogP contribution in [0.15, 0.2) is 24.3 Å². The molecule has 0 aliphatic heterocycles. The van der Waals surface area contributed by atoms with E-state index in [1.54, 1.807) is 16.8 Å². The molecule has 2 N–H and O–H groups in total. The van der Waals surface area contributed by atoms with Crippen LogP contribution in [0.3, 0.4) is 0 Å². The van der Waals surface area contributed by atoms with E-state index in [1.807, 2.05) is 6.92 Å². The van der Waals surface area contributed by atoms with Crippen molar-refractivity contribution in [3.8, 4) is 5.69 Å². The van der Waals surface area contributed by atoms with Crippen molar-refractivity contribution in [3.05, 3.63) is 46.5 Å². The molecule has 4 nitrogen and oxygen atoms in total. The minimum Gasteiger partial charge on any atom is -0.396 e. The Balaban J connectivity index is 1.74. The number of rotatable bonds is 6. The highest BCUT2D eigenvalue weighted by Gasteiger charge is 2.41. The monoisotopic (exact) mass is 323 g/mol. The third-order valence-corrected chi connectivity index (χ3v) is 4.68. The molecule has 0 radical (unpaired) electrons. The van der Waals surface area contributed by atoms with Gasteiger partial charge in [-0.15, -0.1) is 0 Å². The van der Waals surface area contributed by atoms with Gasteiger partial charge in [-0.2, -0.15) is 5.10 Å². The Bertz CT molecular complexity index is 665. The number of benzene rings is 1. The van der Waals surface area contributed by atoms with E-state index in [2.05, 4.69) is 10.4 Å². The summed E-state index contributed by atoms with van der Waals surface area (Å²) in [6.07, 6.45) is 2.14. The van der Waals surface area contributed by atoms with E-state index >= 15 is 0 Å². The number of hydrogen-bond acceptors (Lipinski definition) is 3. The molecule has 0 bridgehead atoms. The summed E-state index contributed by atoms with van der Waals surface area (Å²) in [7, 11) is 0. The van der Waals surface area contributed by atoms with Crippen LogP contribution in [-0.4, -0.2) is 28.0 Å². The van der Waals surface area contributed by atoms with Gasteiger partial charge in [0.05, 0.1) is 11.4 Å². The fraction of sp³-hybridized carbons (Fsp3) is 0.438. The number of nitrogens with one attached hydrogen (secondary N) is 1. The number of halogens is 2. The maximum absolute atomic E-state index is 13.0. The highest BCUT2D eigenvalue weighted by Crippen LogP contribution is 2.44. The molecule has 3 rings (SSSR count). The molecule has 0 atom stereocenters. The molecule has 1 aromatic heterocycles. The number of aliphatic hydroxyl groups is 1. The Hall–Kier alpha value is -1.43. The van der Waals surface area contributed by atoms with Gasteiger partial charge in [0.1, 0.15) is 11.0 Å². The predicted octanol–water partition coefficient (Wildman–Crippen LogP) is 2.84. The van der Waals surface area contributed by atoms with Gasteiger partial charge in [-0.25, -0.2) is 9.07 Å². The quantitative estimate of drug-likeness (QED) is 0.859. The van der Waals surface area contributed by atoms with Crippen LogP contribution < -0.4 is 5.32 Å². The SMILES string of the molecule is Cc1nn(-c2ccc(F)cc2)c(Cl)c1CNCC1(CO)CC1. The summed E-state index contributed by atoms with van der Waals surface area (Å²) < 4.78 is 14.6. The van der Waals surface area contributed by atoms with Gasteiger partial charge in [0.15, 0.2) is 0 Å². The average molecular weight is 324 g/mol. The molecule has 0 unspecified atom stereocenters. The molecule has 0 saturated heterocycles. The van der Waals surface area contributed by atoms with E-state index < -0.39 is 0 Å². The lowest BCUT2D eigenvalue weighted by molar-refractivity contribution is 0.207. The Morgan fingerprint density at radius 2 is 2.05 bits per heavy atom. The van der Waals surface area contributed by atoms with Gasteiger partial charge >= 0.3 is 0 Å². The Morgan fingerprint density at radius 3 is 2.64 bits per heavy atom. The molecule has 1 heterocycles. The third kappa shape index (κ3) is 3.02. The Kier molecular flexibility index (Phi) is 4.21. The van der Waals surface area contributed by atoms with Crippen LogP contribution in [0.2, 0.25) is 5.15 Å². The van der Waals surface area contributed by atoms with Crippen molar-refractivity contribution in [1.82, 2.24) is 15.1 Å². The van der Waals surface area contributed by atoms with Crippen LogP contribution in [0.4, 0.5) is 4.39 Å². The van der Waals surface area contributed by atoms with Crippen molar-refractivity contribution in [3.63, 3.8) is 0 Å². The predicted molar refractivity (Wildman–Crippen MR) is 83.7 cm³/mol. The van der Waals surface area contributed by atoms with Gasteiger partial charge < -0.3 is 10.4 Å². The second-order valence-corrected chi connectivity index (χ2v) is 6.36. The van der Waals surface area contributed by atoms with Gasteiger partial charge in [-0.1, -0.05) is 11.6 Å². The van der Waals surface area contributed by atoms with Crippen LogP contribution in [0.25, 0.3) is 5.69 Å². The summed E-state index contributed by atoms with van der Waals surface area (Å²) in [6.45, 7) is 3.51. The zero-order valence-electron chi connectivity index (χ0n) is 12.4. The summed E-state index contributed by atoms with van der Waals surface area (Å²) >= 11 is 6.42. The zero-order valence-corrected chi connectivity index (χ0v) is 13.2. The molecule has 1 fully saturated rings. The van der Waals surface area contributed by atoms with Gasteiger partial charge in [-0.3, -0.25) is 0 Å². The largest absolute Gasteiger partial charge is 0.396 e. The molecule has 6 heteroatoms. The van der Waals surface area contributed by atoms with Crippen LogP contribution in [0.5, 0.6) is 0 Å². The first-order chi connectivity index (χ1) is 10.5. The van der Waals surface area contributed by atoms with Crippen molar-refractivity contribution in [1.29, 1.82) is 0 Å². The first-order valence-electron chi connectivity index (χ1n) is 7.36. The summed E-state index contributed by atoms with van der Waals surface area (Å²) in [5.41, 5.74) is 2.57. The van der Waals surface area contributed by atoms with E-state index in [4.69, 9.17) is 11.6 Å². The summed E-state index contributed by atoms with van der Waals surface area (Å²) in [5, 5.41) is 17.6. The second-order valence-electron chi connectivity index (χ2n) is 6.00. The lowest BCUT2D eigenvalue weighted by Crippen LogP contribution is -2.26. The average Bonchev–Trinajstić information content (AvgIpc) is 3.24. The number of aliphatic hydroxyl groups excluding tert-OH is 1. The number of hydrogen-bond donors (Lipinski definition) is 2. The van der Waals surface area contributed by atoms with Gasteiger partial charge in [-0.05, 0) is 44.0 Å². The van der Waals surface area contributed by atoms with Crippen LogP contribution in [0.1, 0.15) is 24.1 Å². The first-order valence-corrected chi connectivity index (χ1v) is 7.74. The van der Waals surface area contributed by atoms with Crippen LogP contribution >= 0.6 is 11.6 Å². The lowest BCUT2D eigenvalue weighted by Gasteiger charge is -2.12. The van der Waals surface area contributed by atoms with Gasteiger partial charge in [0, 0.05) is 30.7 Å². The molecule has 1 saturated carbocycles. The zero-order chi connectivity index (χ0) is 15.7. The van der Waals surface area contributed by atoms with E-state index in [1.165, 1.54) is 12.1 Å². The Morgan fingerprint density at radius 1 is 1.36 bits per heavy atom. The van der Waals surface area contributed by atoms with E-state index in [0.29, 0.717) is 11.7 Å². The second kappa shape index (κ2) is 5.99. The topological polar surface area (TPSA) is 50.1 Å². The molecule has 1 aliphatic rings. The van der Waals surface area contributed by atoms with Gasteiger partial charge in [0.2, 0.25) is 0 Å².